The van der Waals surface area contributed by atoms with E-state index in [-0.39, 0.29) is 17.7 Å². The molecule has 1 fully saturated rings. The van der Waals surface area contributed by atoms with Gasteiger partial charge in [-0.3, -0.25) is 20.4 Å². The Morgan fingerprint density at radius 1 is 1.32 bits per heavy atom. The van der Waals surface area contributed by atoms with Crippen LogP contribution in [0.4, 0.5) is 0 Å². The second-order valence-corrected chi connectivity index (χ2v) is 7.95. The van der Waals surface area contributed by atoms with Crippen molar-refractivity contribution in [1.82, 2.24) is 21.1 Å². The summed E-state index contributed by atoms with van der Waals surface area (Å²) in [4.78, 5) is 27.1. The van der Waals surface area contributed by atoms with Gasteiger partial charge in [0.25, 0.3) is 5.91 Å². The van der Waals surface area contributed by atoms with Gasteiger partial charge in [0.05, 0.1) is 4.88 Å². The first-order valence-electron chi connectivity index (χ1n) is 8.64. The first kappa shape index (κ1) is 19.7. The lowest BCUT2D eigenvalue weighted by molar-refractivity contribution is -0.126. The van der Waals surface area contributed by atoms with E-state index in [1.807, 2.05) is 22.4 Å². The van der Waals surface area contributed by atoms with Crippen LogP contribution in [0.25, 0.3) is 0 Å². The summed E-state index contributed by atoms with van der Waals surface area (Å²) in [7, 11) is 0. The molecule has 2 heterocycles. The molecule has 0 saturated carbocycles. The molecule has 0 radical (unpaired) electrons. The third-order valence-corrected chi connectivity index (χ3v) is 5.30. The molecule has 1 aromatic heterocycles. The number of carbonyl (C=O) groups excluding carboxylic acids is 2. The number of piperidine rings is 1. The van der Waals surface area contributed by atoms with E-state index in [0.29, 0.717) is 37.0 Å². The Labute approximate surface area is 158 Å². The molecule has 3 N–H and O–H groups in total. The van der Waals surface area contributed by atoms with E-state index in [4.69, 9.17) is 12.2 Å². The van der Waals surface area contributed by atoms with Crippen molar-refractivity contribution in [1.29, 1.82) is 0 Å². The fourth-order valence-electron chi connectivity index (χ4n) is 2.64. The summed E-state index contributed by atoms with van der Waals surface area (Å²) in [6, 6.07) is 3.71. The molecular formula is C17H26N4O2S2. The van der Waals surface area contributed by atoms with Gasteiger partial charge in [0.15, 0.2) is 5.11 Å². The van der Waals surface area contributed by atoms with Gasteiger partial charge in [-0.25, -0.2) is 0 Å². The molecule has 6 nitrogen and oxygen atoms in total. The zero-order chi connectivity index (χ0) is 18.2. The number of likely N-dealkylation sites (tertiary alicyclic amines) is 1. The predicted octanol–water partition coefficient (Wildman–Crippen LogP) is 2.14. The highest BCUT2D eigenvalue weighted by molar-refractivity contribution is 7.80. The Hall–Kier alpha value is -1.67. The Morgan fingerprint density at radius 3 is 2.64 bits per heavy atom. The van der Waals surface area contributed by atoms with Crippen molar-refractivity contribution in [3.8, 4) is 0 Å². The van der Waals surface area contributed by atoms with Gasteiger partial charge >= 0.3 is 0 Å². The lowest BCUT2D eigenvalue weighted by atomic mass is 9.96. The number of hydrogen-bond donors (Lipinski definition) is 3. The SMILES string of the molecule is CC(C)CCNC(=S)NNC(=O)C1CCN(C(=O)c2cccs2)CC1. The zero-order valence-corrected chi connectivity index (χ0v) is 16.3. The maximum absolute atomic E-state index is 12.3. The molecule has 8 heteroatoms. The predicted molar refractivity (Wildman–Crippen MR) is 104 cm³/mol. The summed E-state index contributed by atoms with van der Waals surface area (Å²) in [5.41, 5.74) is 5.42. The quantitative estimate of drug-likeness (QED) is 0.537. The van der Waals surface area contributed by atoms with Crippen LogP contribution in [0, 0.1) is 11.8 Å². The molecule has 2 amide bonds. The Bertz CT molecular complexity index is 581. The third-order valence-electron chi connectivity index (χ3n) is 4.19. The number of rotatable bonds is 5. The summed E-state index contributed by atoms with van der Waals surface area (Å²) in [6.45, 7) is 6.28. The van der Waals surface area contributed by atoms with Crippen LogP contribution in [0.5, 0.6) is 0 Å². The van der Waals surface area contributed by atoms with Gasteiger partial charge in [-0.2, -0.15) is 0 Å². The summed E-state index contributed by atoms with van der Waals surface area (Å²) in [6.07, 6.45) is 2.35. The number of thiophene rings is 1. The highest BCUT2D eigenvalue weighted by Crippen LogP contribution is 2.20. The largest absolute Gasteiger partial charge is 0.361 e. The molecule has 1 aliphatic rings. The molecule has 138 valence electrons. The fraction of sp³-hybridized carbons (Fsp3) is 0.588. The lowest BCUT2D eigenvalue weighted by Crippen LogP contribution is -2.50. The topological polar surface area (TPSA) is 73.5 Å². The monoisotopic (exact) mass is 382 g/mol. The van der Waals surface area contributed by atoms with Crippen LogP contribution in [0.3, 0.4) is 0 Å². The third kappa shape index (κ3) is 6.28. The molecule has 0 aromatic carbocycles. The van der Waals surface area contributed by atoms with Crippen LogP contribution >= 0.6 is 23.6 Å². The molecule has 0 spiro atoms. The second kappa shape index (κ2) is 9.72. The molecule has 0 unspecified atom stereocenters. The molecule has 1 aromatic rings. The normalized spacial score (nSPS) is 15.1. The van der Waals surface area contributed by atoms with Crippen molar-refractivity contribution in [3.63, 3.8) is 0 Å². The molecule has 1 saturated heterocycles. The lowest BCUT2D eigenvalue weighted by Gasteiger charge is -2.31. The second-order valence-electron chi connectivity index (χ2n) is 6.60. The minimum atomic E-state index is -0.0988. The minimum absolute atomic E-state index is 0.0579. The summed E-state index contributed by atoms with van der Waals surface area (Å²) in [5, 5.41) is 5.39. The van der Waals surface area contributed by atoms with Crippen molar-refractivity contribution in [2.75, 3.05) is 19.6 Å². The van der Waals surface area contributed by atoms with Crippen molar-refractivity contribution >= 4 is 40.5 Å². The Morgan fingerprint density at radius 2 is 2.04 bits per heavy atom. The van der Waals surface area contributed by atoms with E-state index in [2.05, 4.69) is 30.0 Å². The maximum atomic E-state index is 12.3. The average Bonchev–Trinajstić information content (AvgIpc) is 3.13. The highest BCUT2D eigenvalue weighted by atomic mass is 32.1. The number of amides is 2. The molecule has 2 rings (SSSR count). The summed E-state index contributed by atoms with van der Waals surface area (Å²) >= 11 is 6.59. The van der Waals surface area contributed by atoms with E-state index in [9.17, 15) is 9.59 Å². The van der Waals surface area contributed by atoms with Crippen molar-refractivity contribution < 1.29 is 9.59 Å². The van der Waals surface area contributed by atoms with Crippen LogP contribution in [-0.4, -0.2) is 41.5 Å². The zero-order valence-electron chi connectivity index (χ0n) is 14.7. The van der Waals surface area contributed by atoms with Gasteiger partial charge in [0, 0.05) is 25.6 Å². The molecular weight excluding hydrogens is 356 g/mol. The highest BCUT2D eigenvalue weighted by Gasteiger charge is 2.28. The summed E-state index contributed by atoms with van der Waals surface area (Å²) < 4.78 is 0. The minimum Gasteiger partial charge on any atom is -0.361 e. The van der Waals surface area contributed by atoms with Crippen molar-refractivity contribution in [3.05, 3.63) is 22.4 Å². The van der Waals surface area contributed by atoms with Crippen molar-refractivity contribution in [2.24, 2.45) is 11.8 Å². The van der Waals surface area contributed by atoms with Crippen LogP contribution in [0.15, 0.2) is 17.5 Å². The number of thiocarbonyl (C=S) groups is 1. The number of nitrogens with zero attached hydrogens (tertiary/aromatic N) is 1. The number of carbonyl (C=O) groups is 2. The fourth-order valence-corrected chi connectivity index (χ4v) is 3.48. The standard InChI is InChI=1S/C17H26N4O2S2/c1-12(2)5-8-18-17(24)20-19-15(22)13-6-9-21(10-7-13)16(23)14-4-3-11-25-14/h3-4,11-13H,5-10H2,1-2H3,(H,19,22)(H2,18,20,24). The van der Waals surface area contributed by atoms with Gasteiger partial charge in [-0.05, 0) is 48.8 Å². The average molecular weight is 383 g/mol. The molecule has 0 atom stereocenters. The van der Waals surface area contributed by atoms with E-state index < -0.39 is 0 Å². The van der Waals surface area contributed by atoms with Gasteiger partial charge in [0.1, 0.15) is 0 Å². The molecule has 1 aliphatic heterocycles. The van der Waals surface area contributed by atoms with E-state index in [0.717, 1.165) is 17.8 Å². The van der Waals surface area contributed by atoms with Gasteiger partial charge < -0.3 is 10.2 Å². The smallest absolute Gasteiger partial charge is 0.263 e. The molecule has 0 bridgehead atoms. The molecule has 0 aliphatic carbocycles. The van der Waals surface area contributed by atoms with E-state index in [1.54, 1.807) is 0 Å². The van der Waals surface area contributed by atoms with Crippen molar-refractivity contribution in [2.45, 2.75) is 33.1 Å². The number of hydrogen-bond acceptors (Lipinski definition) is 4. The van der Waals surface area contributed by atoms with Crippen LogP contribution in [-0.2, 0) is 4.79 Å². The van der Waals surface area contributed by atoms with Crippen LogP contribution < -0.4 is 16.2 Å². The Kier molecular flexibility index (Phi) is 7.64. The van der Waals surface area contributed by atoms with Gasteiger partial charge in [-0.15, -0.1) is 11.3 Å². The number of hydrazine groups is 1. The summed E-state index contributed by atoms with van der Waals surface area (Å²) in [5.74, 6) is 0.490. The van der Waals surface area contributed by atoms with Crippen LogP contribution in [0.1, 0.15) is 42.8 Å². The van der Waals surface area contributed by atoms with Gasteiger partial charge in [-0.1, -0.05) is 19.9 Å². The Balaban J connectivity index is 1.67. The molecule has 25 heavy (non-hydrogen) atoms. The van der Waals surface area contributed by atoms with Gasteiger partial charge in [0.2, 0.25) is 5.91 Å². The van der Waals surface area contributed by atoms with E-state index in [1.165, 1.54) is 11.3 Å². The van der Waals surface area contributed by atoms with E-state index >= 15 is 0 Å². The first-order chi connectivity index (χ1) is 12.0. The van der Waals surface area contributed by atoms with Crippen LogP contribution in [0.2, 0.25) is 0 Å². The number of nitrogens with one attached hydrogen (secondary N) is 3. The first-order valence-corrected chi connectivity index (χ1v) is 9.92. The maximum Gasteiger partial charge on any atom is 0.263 e.